The van der Waals surface area contributed by atoms with Gasteiger partial charge in [-0.15, -0.1) is 0 Å². The molecular formula is C17H15ClN2. The second-order valence-corrected chi connectivity index (χ2v) is 5.19. The van der Waals surface area contributed by atoms with Crippen molar-refractivity contribution in [2.45, 2.75) is 13.1 Å². The lowest BCUT2D eigenvalue weighted by molar-refractivity contribution is 0.695. The second kappa shape index (κ2) is 6.04. The molecule has 0 bridgehead atoms. The van der Waals surface area contributed by atoms with Crippen LogP contribution in [0.5, 0.6) is 0 Å². The molecule has 3 heteroatoms. The Morgan fingerprint density at radius 3 is 2.55 bits per heavy atom. The number of fused-ring (bicyclic) bond motifs is 1. The maximum atomic E-state index is 5.88. The van der Waals surface area contributed by atoms with E-state index in [0.717, 1.165) is 18.1 Å². The summed E-state index contributed by atoms with van der Waals surface area (Å²) < 4.78 is 0. The molecular weight excluding hydrogens is 268 g/mol. The highest BCUT2D eigenvalue weighted by Gasteiger charge is 2.00. The van der Waals surface area contributed by atoms with Crippen LogP contribution in [0.4, 0.5) is 0 Å². The average molecular weight is 283 g/mol. The summed E-state index contributed by atoms with van der Waals surface area (Å²) in [6.07, 6.45) is 3.83. The number of nitrogens with zero attached hydrogens (tertiary/aromatic N) is 1. The third kappa shape index (κ3) is 2.98. The van der Waals surface area contributed by atoms with Crippen LogP contribution in [-0.2, 0) is 13.1 Å². The molecule has 1 N–H and O–H groups in total. The minimum atomic E-state index is 0.770. The standard InChI is InChI=1S/C17H15ClN2/c18-16-7-5-13(6-8-16)9-19-11-15-12-20-10-14-3-1-2-4-17(14)15/h1-8,10,12,19H,9,11H2. The number of hydrogen-bond acceptors (Lipinski definition) is 2. The largest absolute Gasteiger partial charge is 0.309 e. The monoisotopic (exact) mass is 282 g/mol. The summed E-state index contributed by atoms with van der Waals surface area (Å²) >= 11 is 5.88. The van der Waals surface area contributed by atoms with Crippen molar-refractivity contribution in [1.29, 1.82) is 0 Å². The average Bonchev–Trinajstić information content (AvgIpc) is 2.49. The fraction of sp³-hybridized carbons (Fsp3) is 0.118. The lowest BCUT2D eigenvalue weighted by atomic mass is 10.1. The van der Waals surface area contributed by atoms with Crippen molar-refractivity contribution in [1.82, 2.24) is 10.3 Å². The number of aromatic nitrogens is 1. The van der Waals surface area contributed by atoms with Crippen LogP contribution in [0, 0.1) is 0 Å². The number of hydrogen-bond donors (Lipinski definition) is 1. The van der Waals surface area contributed by atoms with Crippen molar-refractivity contribution in [3.8, 4) is 0 Å². The Balaban J connectivity index is 1.69. The molecule has 0 radical (unpaired) electrons. The topological polar surface area (TPSA) is 24.9 Å². The number of rotatable bonds is 4. The van der Waals surface area contributed by atoms with E-state index in [1.807, 2.05) is 42.7 Å². The maximum Gasteiger partial charge on any atom is 0.0406 e. The molecule has 2 aromatic carbocycles. The van der Waals surface area contributed by atoms with E-state index in [4.69, 9.17) is 11.6 Å². The van der Waals surface area contributed by atoms with Crippen LogP contribution in [-0.4, -0.2) is 4.98 Å². The highest BCUT2D eigenvalue weighted by atomic mass is 35.5. The van der Waals surface area contributed by atoms with Gasteiger partial charge in [0.25, 0.3) is 0 Å². The molecule has 3 aromatic rings. The minimum Gasteiger partial charge on any atom is -0.309 e. The summed E-state index contributed by atoms with van der Waals surface area (Å²) in [5, 5.41) is 6.65. The first-order valence-corrected chi connectivity index (χ1v) is 6.97. The Bertz CT molecular complexity index is 702. The zero-order valence-electron chi connectivity index (χ0n) is 11.0. The number of pyridine rings is 1. The van der Waals surface area contributed by atoms with E-state index < -0.39 is 0 Å². The summed E-state index contributed by atoms with van der Waals surface area (Å²) in [6, 6.07) is 16.2. The van der Waals surface area contributed by atoms with Crippen LogP contribution in [0.1, 0.15) is 11.1 Å². The van der Waals surface area contributed by atoms with Crippen LogP contribution < -0.4 is 5.32 Å². The highest BCUT2D eigenvalue weighted by Crippen LogP contribution is 2.17. The minimum absolute atomic E-state index is 0.770. The summed E-state index contributed by atoms with van der Waals surface area (Å²) in [6.45, 7) is 1.62. The molecule has 0 aliphatic carbocycles. The molecule has 2 nitrogen and oxygen atoms in total. The maximum absolute atomic E-state index is 5.88. The fourth-order valence-corrected chi connectivity index (χ4v) is 2.39. The molecule has 0 saturated carbocycles. The Kier molecular flexibility index (Phi) is 3.95. The molecule has 0 aliphatic heterocycles. The summed E-state index contributed by atoms with van der Waals surface area (Å²) in [4.78, 5) is 4.29. The van der Waals surface area contributed by atoms with Gasteiger partial charge < -0.3 is 5.32 Å². The van der Waals surface area contributed by atoms with Crippen LogP contribution in [0.25, 0.3) is 10.8 Å². The SMILES string of the molecule is Clc1ccc(CNCc2cncc3ccccc23)cc1. The van der Waals surface area contributed by atoms with Crippen molar-refractivity contribution in [2.24, 2.45) is 0 Å². The van der Waals surface area contributed by atoms with Crippen LogP contribution in [0.2, 0.25) is 5.02 Å². The molecule has 3 rings (SSSR count). The van der Waals surface area contributed by atoms with Crippen molar-refractivity contribution >= 4 is 22.4 Å². The number of halogens is 1. The van der Waals surface area contributed by atoms with Gasteiger partial charge in [-0.05, 0) is 28.6 Å². The van der Waals surface area contributed by atoms with Gasteiger partial charge in [0, 0.05) is 35.9 Å². The van der Waals surface area contributed by atoms with Gasteiger partial charge in [0.15, 0.2) is 0 Å². The van der Waals surface area contributed by atoms with E-state index in [1.54, 1.807) is 0 Å². The number of benzene rings is 2. The van der Waals surface area contributed by atoms with E-state index >= 15 is 0 Å². The smallest absolute Gasteiger partial charge is 0.0406 e. The predicted octanol–water partition coefficient (Wildman–Crippen LogP) is 4.18. The van der Waals surface area contributed by atoms with Crippen LogP contribution >= 0.6 is 11.6 Å². The molecule has 0 amide bonds. The Hall–Kier alpha value is -1.90. The zero-order valence-corrected chi connectivity index (χ0v) is 11.8. The summed E-state index contributed by atoms with van der Waals surface area (Å²) in [5.41, 5.74) is 2.44. The Labute approximate surface area is 123 Å². The van der Waals surface area contributed by atoms with E-state index in [1.165, 1.54) is 21.9 Å². The molecule has 20 heavy (non-hydrogen) atoms. The Morgan fingerprint density at radius 2 is 1.70 bits per heavy atom. The lowest BCUT2D eigenvalue weighted by Gasteiger charge is -2.08. The molecule has 0 atom stereocenters. The van der Waals surface area contributed by atoms with Gasteiger partial charge in [-0.1, -0.05) is 48.0 Å². The molecule has 0 spiro atoms. The van der Waals surface area contributed by atoms with Gasteiger partial charge in [-0.25, -0.2) is 0 Å². The van der Waals surface area contributed by atoms with Crippen molar-refractivity contribution in [3.63, 3.8) is 0 Å². The van der Waals surface area contributed by atoms with Crippen LogP contribution in [0.15, 0.2) is 60.9 Å². The van der Waals surface area contributed by atoms with Crippen molar-refractivity contribution in [2.75, 3.05) is 0 Å². The molecule has 0 unspecified atom stereocenters. The van der Waals surface area contributed by atoms with Crippen molar-refractivity contribution < 1.29 is 0 Å². The summed E-state index contributed by atoms with van der Waals surface area (Å²) in [5.74, 6) is 0. The third-order valence-electron chi connectivity index (χ3n) is 3.31. The van der Waals surface area contributed by atoms with E-state index in [-0.39, 0.29) is 0 Å². The van der Waals surface area contributed by atoms with Gasteiger partial charge in [0.1, 0.15) is 0 Å². The van der Waals surface area contributed by atoms with Gasteiger partial charge >= 0.3 is 0 Å². The second-order valence-electron chi connectivity index (χ2n) is 4.75. The van der Waals surface area contributed by atoms with E-state index in [9.17, 15) is 0 Å². The van der Waals surface area contributed by atoms with Crippen molar-refractivity contribution in [3.05, 3.63) is 77.1 Å². The summed E-state index contributed by atoms with van der Waals surface area (Å²) in [7, 11) is 0. The van der Waals surface area contributed by atoms with E-state index in [2.05, 4.69) is 28.5 Å². The normalized spacial score (nSPS) is 10.8. The molecule has 1 heterocycles. The third-order valence-corrected chi connectivity index (χ3v) is 3.56. The molecule has 0 fully saturated rings. The Morgan fingerprint density at radius 1 is 0.900 bits per heavy atom. The van der Waals surface area contributed by atoms with Crippen LogP contribution in [0.3, 0.4) is 0 Å². The predicted molar refractivity (Wildman–Crippen MR) is 83.7 cm³/mol. The van der Waals surface area contributed by atoms with Gasteiger partial charge in [-0.3, -0.25) is 4.98 Å². The van der Waals surface area contributed by atoms with Gasteiger partial charge in [-0.2, -0.15) is 0 Å². The fourth-order valence-electron chi connectivity index (χ4n) is 2.26. The number of nitrogens with one attached hydrogen (secondary N) is 1. The van der Waals surface area contributed by atoms with Gasteiger partial charge in [0.05, 0.1) is 0 Å². The zero-order chi connectivity index (χ0) is 13.8. The van der Waals surface area contributed by atoms with Gasteiger partial charge in [0.2, 0.25) is 0 Å². The first kappa shape index (κ1) is 13.1. The molecule has 1 aromatic heterocycles. The highest BCUT2D eigenvalue weighted by molar-refractivity contribution is 6.30. The molecule has 0 aliphatic rings. The molecule has 100 valence electrons. The van der Waals surface area contributed by atoms with E-state index in [0.29, 0.717) is 0 Å². The lowest BCUT2D eigenvalue weighted by Crippen LogP contribution is -2.13. The molecule has 0 saturated heterocycles. The quantitative estimate of drug-likeness (QED) is 0.776. The first-order chi connectivity index (χ1) is 9.83. The first-order valence-electron chi connectivity index (χ1n) is 6.60.